The summed E-state index contributed by atoms with van der Waals surface area (Å²) in [5, 5.41) is 10.7. The van der Waals surface area contributed by atoms with Gasteiger partial charge in [0.15, 0.2) is 12.4 Å². The maximum Gasteiger partial charge on any atom is 0.258 e. The lowest BCUT2D eigenvalue weighted by atomic mass is 10.3. The van der Waals surface area contributed by atoms with E-state index in [1.165, 1.54) is 0 Å². The number of hydrogen-bond acceptors (Lipinski definition) is 6. The van der Waals surface area contributed by atoms with Crippen LogP contribution in [0.3, 0.4) is 0 Å². The van der Waals surface area contributed by atoms with Gasteiger partial charge in [0.2, 0.25) is 0 Å². The van der Waals surface area contributed by atoms with E-state index in [9.17, 15) is 4.79 Å². The van der Waals surface area contributed by atoms with Crippen molar-refractivity contribution < 1.29 is 9.53 Å². The molecular formula is C18H19ClN6O2. The van der Waals surface area contributed by atoms with Gasteiger partial charge in [-0.25, -0.2) is 14.6 Å². The molecule has 0 bridgehead atoms. The second-order valence-electron chi connectivity index (χ2n) is 5.63. The van der Waals surface area contributed by atoms with Crippen molar-refractivity contribution in [2.24, 2.45) is 0 Å². The third-order valence-electron chi connectivity index (χ3n) is 3.50. The molecule has 0 aliphatic carbocycles. The molecule has 1 amide bonds. The number of rotatable bonds is 8. The molecule has 8 nitrogen and oxygen atoms in total. The normalized spacial score (nSPS) is 10.4. The van der Waals surface area contributed by atoms with Crippen LogP contribution in [0, 0.1) is 6.92 Å². The molecule has 0 spiro atoms. The van der Waals surface area contributed by atoms with Crippen LogP contribution in [-0.2, 0) is 4.79 Å². The summed E-state index contributed by atoms with van der Waals surface area (Å²) in [6.45, 7) is 2.70. The zero-order valence-electron chi connectivity index (χ0n) is 14.7. The average Bonchev–Trinajstić information content (AvgIpc) is 3.19. The second kappa shape index (κ2) is 9.00. The average molecular weight is 387 g/mol. The Morgan fingerprint density at radius 1 is 1.22 bits per heavy atom. The van der Waals surface area contributed by atoms with E-state index in [1.54, 1.807) is 41.2 Å². The second-order valence-corrected chi connectivity index (χ2v) is 6.06. The van der Waals surface area contributed by atoms with Gasteiger partial charge in [0.05, 0.1) is 0 Å². The Labute approximate surface area is 161 Å². The van der Waals surface area contributed by atoms with Crippen LogP contribution in [0.1, 0.15) is 5.82 Å². The molecule has 27 heavy (non-hydrogen) atoms. The summed E-state index contributed by atoms with van der Waals surface area (Å²) in [6, 6.07) is 10.5. The van der Waals surface area contributed by atoms with E-state index in [4.69, 9.17) is 16.3 Å². The predicted octanol–water partition coefficient (Wildman–Crippen LogP) is 2.23. The molecule has 3 aromatic rings. The highest BCUT2D eigenvalue weighted by Crippen LogP contribution is 2.15. The number of hydrogen-bond donors (Lipinski definition) is 2. The van der Waals surface area contributed by atoms with Gasteiger partial charge in [-0.2, -0.15) is 5.10 Å². The van der Waals surface area contributed by atoms with Crippen LogP contribution < -0.4 is 15.4 Å². The number of halogens is 1. The van der Waals surface area contributed by atoms with Crippen LogP contribution >= 0.6 is 11.6 Å². The number of carbonyl (C=O) groups excluding carboxylic acids is 1. The van der Waals surface area contributed by atoms with Gasteiger partial charge in [0, 0.05) is 36.6 Å². The number of nitrogens with zero attached hydrogens (tertiary/aromatic N) is 4. The number of aromatic nitrogens is 4. The maximum absolute atomic E-state index is 11.8. The molecule has 1 aromatic carbocycles. The third-order valence-corrected chi connectivity index (χ3v) is 3.75. The lowest BCUT2D eigenvalue weighted by molar-refractivity contribution is -0.123. The van der Waals surface area contributed by atoms with Crippen LogP contribution in [0.25, 0.3) is 5.82 Å². The largest absolute Gasteiger partial charge is 0.484 e. The van der Waals surface area contributed by atoms with Crippen molar-refractivity contribution in [3.8, 4) is 11.6 Å². The summed E-state index contributed by atoms with van der Waals surface area (Å²) < 4.78 is 7.05. The van der Waals surface area contributed by atoms with E-state index in [1.807, 2.05) is 19.2 Å². The fourth-order valence-electron chi connectivity index (χ4n) is 2.29. The number of aryl methyl sites for hydroxylation is 1. The number of nitrogens with one attached hydrogen (secondary N) is 2. The van der Waals surface area contributed by atoms with Gasteiger partial charge in [-0.05, 0) is 37.3 Å². The highest BCUT2D eigenvalue weighted by molar-refractivity contribution is 6.30. The van der Waals surface area contributed by atoms with Crippen molar-refractivity contribution in [1.29, 1.82) is 0 Å². The quantitative estimate of drug-likeness (QED) is 0.576. The Morgan fingerprint density at radius 3 is 2.78 bits per heavy atom. The molecule has 0 unspecified atom stereocenters. The van der Waals surface area contributed by atoms with E-state index < -0.39 is 0 Å². The van der Waals surface area contributed by atoms with Crippen LogP contribution in [0.5, 0.6) is 5.75 Å². The Kier molecular flexibility index (Phi) is 6.22. The number of benzene rings is 1. The van der Waals surface area contributed by atoms with Crippen molar-refractivity contribution in [3.63, 3.8) is 0 Å². The fourth-order valence-corrected chi connectivity index (χ4v) is 2.41. The first-order valence-corrected chi connectivity index (χ1v) is 8.72. The first-order chi connectivity index (χ1) is 13.1. The van der Waals surface area contributed by atoms with Gasteiger partial charge in [0.1, 0.15) is 17.4 Å². The standard InChI is InChI=1S/C18H19ClN6O2/c1-13-23-16(11-17(24-13)25-10-2-7-22-25)20-8-9-21-18(26)12-27-15-5-3-14(19)4-6-15/h2-7,10-11H,8-9,12H2,1H3,(H,21,26)(H,20,23,24). The van der Waals surface area contributed by atoms with Crippen molar-refractivity contribution >= 4 is 23.3 Å². The Balaban J connectivity index is 1.42. The minimum absolute atomic E-state index is 0.0578. The summed E-state index contributed by atoms with van der Waals surface area (Å²) in [6.07, 6.45) is 3.50. The number of ether oxygens (including phenoxy) is 1. The van der Waals surface area contributed by atoms with Crippen molar-refractivity contribution in [3.05, 3.63) is 59.6 Å². The van der Waals surface area contributed by atoms with Gasteiger partial charge in [-0.3, -0.25) is 4.79 Å². The van der Waals surface area contributed by atoms with Crippen molar-refractivity contribution in [2.45, 2.75) is 6.92 Å². The Morgan fingerprint density at radius 2 is 2.04 bits per heavy atom. The molecule has 0 saturated carbocycles. The molecule has 3 rings (SSSR count). The highest BCUT2D eigenvalue weighted by atomic mass is 35.5. The van der Waals surface area contributed by atoms with Gasteiger partial charge in [0.25, 0.3) is 5.91 Å². The molecule has 0 atom stereocenters. The van der Waals surface area contributed by atoms with Crippen LogP contribution in [0.15, 0.2) is 48.8 Å². The van der Waals surface area contributed by atoms with E-state index in [-0.39, 0.29) is 12.5 Å². The van der Waals surface area contributed by atoms with Crippen LogP contribution in [0.4, 0.5) is 5.82 Å². The molecule has 0 radical (unpaired) electrons. The number of anilines is 1. The number of carbonyl (C=O) groups is 1. The maximum atomic E-state index is 11.8. The highest BCUT2D eigenvalue weighted by Gasteiger charge is 2.05. The predicted molar refractivity (Wildman–Crippen MR) is 102 cm³/mol. The molecular weight excluding hydrogens is 368 g/mol. The summed E-state index contributed by atoms with van der Waals surface area (Å²) in [7, 11) is 0. The molecule has 0 aliphatic heterocycles. The lowest BCUT2D eigenvalue weighted by Gasteiger charge is -2.10. The summed E-state index contributed by atoms with van der Waals surface area (Å²) in [5.41, 5.74) is 0. The summed E-state index contributed by atoms with van der Waals surface area (Å²) in [5.74, 6) is 2.36. The minimum Gasteiger partial charge on any atom is -0.484 e. The van der Waals surface area contributed by atoms with Gasteiger partial charge in [-0.15, -0.1) is 0 Å². The van der Waals surface area contributed by atoms with Gasteiger partial charge < -0.3 is 15.4 Å². The molecule has 2 heterocycles. The van der Waals surface area contributed by atoms with Crippen molar-refractivity contribution in [1.82, 2.24) is 25.1 Å². The number of amides is 1. The van der Waals surface area contributed by atoms with E-state index in [2.05, 4.69) is 25.7 Å². The summed E-state index contributed by atoms with van der Waals surface area (Å²) >= 11 is 5.80. The Bertz CT molecular complexity index is 883. The molecule has 0 saturated heterocycles. The van der Waals surface area contributed by atoms with Crippen molar-refractivity contribution in [2.75, 3.05) is 25.0 Å². The monoisotopic (exact) mass is 386 g/mol. The molecule has 140 valence electrons. The minimum atomic E-state index is -0.206. The van der Waals surface area contributed by atoms with E-state index >= 15 is 0 Å². The first kappa shape index (κ1) is 18.7. The molecule has 2 N–H and O–H groups in total. The van der Waals surface area contributed by atoms with Gasteiger partial charge in [-0.1, -0.05) is 11.6 Å². The molecule has 0 aliphatic rings. The molecule has 9 heteroatoms. The van der Waals surface area contributed by atoms with Gasteiger partial charge >= 0.3 is 0 Å². The first-order valence-electron chi connectivity index (χ1n) is 8.35. The van der Waals surface area contributed by atoms with Crippen LogP contribution in [0.2, 0.25) is 5.02 Å². The van der Waals surface area contributed by atoms with E-state index in [0.717, 1.165) is 0 Å². The van der Waals surface area contributed by atoms with Crippen LogP contribution in [-0.4, -0.2) is 45.4 Å². The smallest absolute Gasteiger partial charge is 0.258 e. The third kappa shape index (κ3) is 5.68. The van der Waals surface area contributed by atoms with E-state index in [0.29, 0.717) is 41.3 Å². The topological polar surface area (TPSA) is 94.0 Å². The Hall–Kier alpha value is -3.13. The zero-order chi connectivity index (χ0) is 19.1. The lowest BCUT2D eigenvalue weighted by Crippen LogP contribution is -2.32. The fraction of sp³-hybridized carbons (Fsp3) is 0.222. The SMILES string of the molecule is Cc1nc(NCCNC(=O)COc2ccc(Cl)cc2)cc(-n2cccn2)n1. The molecule has 0 fully saturated rings. The summed E-state index contributed by atoms with van der Waals surface area (Å²) in [4.78, 5) is 20.5. The zero-order valence-corrected chi connectivity index (χ0v) is 15.5. The molecule has 2 aromatic heterocycles.